The maximum atomic E-state index is 12.2. The number of rotatable bonds is 4. The molecule has 0 aromatic heterocycles. The van der Waals surface area contributed by atoms with Crippen LogP contribution in [0.3, 0.4) is 0 Å². The average Bonchev–Trinajstić information content (AvgIpc) is 2.23. The van der Waals surface area contributed by atoms with Gasteiger partial charge in [0.15, 0.2) is 0 Å². The highest BCUT2D eigenvalue weighted by Gasteiger charge is 2.18. The van der Waals surface area contributed by atoms with Crippen LogP contribution in [0.1, 0.15) is 24.2 Å². The van der Waals surface area contributed by atoms with E-state index in [0.29, 0.717) is 28.0 Å². The van der Waals surface area contributed by atoms with Crippen molar-refractivity contribution in [3.63, 3.8) is 0 Å². The maximum Gasteiger partial charge on any atom is 0.254 e. The highest BCUT2D eigenvalue weighted by atomic mass is 35.5. The Morgan fingerprint density at radius 2 is 1.76 bits per heavy atom. The van der Waals surface area contributed by atoms with E-state index in [1.807, 2.05) is 13.8 Å². The van der Waals surface area contributed by atoms with Gasteiger partial charge in [-0.15, -0.1) is 11.6 Å². The molecule has 0 saturated carbocycles. The minimum atomic E-state index is -0.106. The molecule has 0 atom stereocenters. The van der Waals surface area contributed by atoms with Gasteiger partial charge in [0.05, 0.1) is 0 Å². The van der Waals surface area contributed by atoms with Gasteiger partial charge >= 0.3 is 0 Å². The van der Waals surface area contributed by atoms with Gasteiger partial charge < -0.3 is 4.90 Å². The quantitative estimate of drug-likeness (QED) is 0.766. The number of amides is 1. The van der Waals surface area contributed by atoms with Gasteiger partial charge in [0.2, 0.25) is 0 Å². The van der Waals surface area contributed by atoms with Crippen LogP contribution in [0.4, 0.5) is 0 Å². The lowest BCUT2D eigenvalue weighted by molar-refractivity contribution is 0.0718. The molecule has 1 rings (SSSR count). The van der Waals surface area contributed by atoms with Gasteiger partial charge in [0.25, 0.3) is 5.91 Å². The molecule has 0 fully saturated rings. The summed E-state index contributed by atoms with van der Waals surface area (Å²) in [6.07, 6.45) is 0. The highest BCUT2D eigenvalue weighted by Crippen LogP contribution is 2.20. The minimum absolute atomic E-state index is 0.0824. The molecule has 0 radical (unpaired) electrons. The van der Waals surface area contributed by atoms with Gasteiger partial charge in [-0.1, -0.05) is 23.2 Å². The molecule has 1 amide bonds. The molecule has 0 N–H and O–H groups in total. The van der Waals surface area contributed by atoms with E-state index in [2.05, 4.69) is 0 Å². The van der Waals surface area contributed by atoms with Gasteiger partial charge in [-0.3, -0.25) is 4.79 Å². The number of carbonyl (C=O) groups excluding carboxylic acids is 1. The molecule has 0 unspecified atom stereocenters. The number of hydrogen-bond acceptors (Lipinski definition) is 1. The second-order valence-corrected chi connectivity index (χ2v) is 5.19. The number of benzene rings is 1. The van der Waals surface area contributed by atoms with Gasteiger partial charge in [0, 0.05) is 34.1 Å². The van der Waals surface area contributed by atoms with Gasteiger partial charge in [-0.25, -0.2) is 0 Å². The Labute approximate surface area is 116 Å². The van der Waals surface area contributed by atoms with E-state index >= 15 is 0 Å². The van der Waals surface area contributed by atoms with E-state index in [1.165, 1.54) is 0 Å². The zero-order valence-corrected chi connectivity index (χ0v) is 12.0. The lowest BCUT2D eigenvalue weighted by atomic mass is 10.1. The zero-order chi connectivity index (χ0) is 13.0. The summed E-state index contributed by atoms with van der Waals surface area (Å²) < 4.78 is 0. The molecule has 0 aliphatic carbocycles. The standard InChI is InChI=1S/C12H14Cl3NO/c1-8(2)16(4-3-13)12(17)9-5-10(14)7-11(15)6-9/h5-8H,3-4H2,1-2H3. The monoisotopic (exact) mass is 293 g/mol. The Hall–Kier alpha value is -0.440. The molecule has 0 saturated heterocycles. The first-order valence-corrected chi connectivity index (χ1v) is 6.57. The molecule has 17 heavy (non-hydrogen) atoms. The summed E-state index contributed by atoms with van der Waals surface area (Å²) in [7, 11) is 0. The van der Waals surface area contributed by atoms with Crippen LogP contribution in [0.5, 0.6) is 0 Å². The Kier molecular flexibility index (Phi) is 5.57. The van der Waals surface area contributed by atoms with Crippen LogP contribution in [0.2, 0.25) is 10.0 Å². The fourth-order valence-electron chi connectivity index (χ4n) is 1.53. The van der Waals surface area contributed by atoms with Crippen LogP contribution in [0, 0.1) is 0 Å². The summed E-state index contributed by atoms with van der Waals surface area (Å²) in [6.45, 7) is 4.38. The Morgan fingerprint density at radius 3 is 2.18 bits per heavy atom. The summed E-state index contributed by atoms with van der Waals surface area (Å²) in [4.78, 5) is 13.9. The molecule has 0 heterocycles. The first-order chi connectivity index (χ1) is 7.95. The Balaban J connectivity index is 3.00. The van der Waals surface area contributed by atoms with Crippen molar-refractivity contribution >= 4 is 40.7 Å². The summed E-state index contributed by atoms with van der Waals surface area (Å²) in [5, 5.41) is 0.908. The van der Waals surface area contributed by atoms with E-state index in [0.717, 1.165) is 0 Å². The van der Waals surface area contributed by atoms with Crippen molar-refractivity contribution in [3.05, 3.63) is 33.8 Å². The Morgan fingerprint density at radius 1 is 1.24 bits per heavy atom. The predicted octanol–water partition coefficient (Wildman–Crippen LogP) is 4.08. The van der Waals surface area contributed by atoms with E-state index in [9.17, 15) is 4.79 Å². The molecule has 0 bridgehead atoms. The molecule has 2 nitrogen and oxygen atoms in total. The first-order valence-electron chi connectivity index (χ1n) is 5.28. The molecule has 0 aliphatic rings. The molecule has 1 aromatic rings. The van der Waals surface area contributed by atoms with Gasteiger partial charge in [-0.2, -0.15) is 0 Å². The molecule has 94 valence electrons. The maximum absolute atomic E-state index is 12.2. The fraction of sp³-hybridized carbons (Fsp3) is 0.417. The summed E-state index contributed by atoms with van der Waals surface area (Å²) >= 11 is 17.4. The fourth-order valence-corrected chi connectivity index (χ4v) is 2.24. The van der Waals surface area contributed by atoms with E-state index < -0.39 is 0 Å². The number of carbonyl (C=O) groups is 1. The first kappa shape index (κ1) is 14.6. The van der Waals surface area contributed by atoms with Crippen LogP contribution < -0.4 is 0 Å². The third kappa shape index (κ3) is 4.06. The molecule has 0 spiro atoms. The third-order valence-electron chi connectivity index (χ3n) is 2.32. The largest absolute Gasteiger partial charge is 0.335 e. The molecular formula is C12H14Cl3NO. The second-order valence-electron chi connectivity index (χ2n) is 3.94. The smallest absolute Gasteiger partial charge is 0.254 e. The third-order valence-corrected chi connectivity index (χ3v) is 2.92. The van der Waals surface area contributed by atoms with Crippen molar-refractivity contribution in [1.82, 2.24) is 4.90 Å². The van der Waals surface area contributed by atoms with Crippen molar-refractivity contribution in [1.29, 1.82) is 0 Å². The summed E-state index contributed by atoms with van der Waals surface area (Å²) in [6, 6.07) is 4.90. The SMILES string of the molecule is CC(C)N(CCCl)C(=O)c1cc(Cl)cc(Cl)c1. The topological polar surface area (TPSA) is 20.3 Å². The molecule has 0 aliphatic heterocycles. The van der Waals surface area contributed by atoms with Crippen LogP contribution in [0.15, 0.2) is 18.2 Å². The minimum Gasteiger partial charge on any atom is -0.335 e. The molecular weight excluding hydrogens is 280 g/mol. The van der Waals surface area contributed by atoms with Crippen molar-refractivity contribution in [2.45, 2.75) is 19.9 Å². The lowest BCUT2D eigenvalue weighted by Crippen LogP contribution is -2.38. The van der Waals surface area contributed by atoms with Crippen molar-refractivity contribution in [3.8, 4) is 0 Å². The predicted molar refractivity (Wildman–Crippen MR) is 73.4 cm³/mol. The van der Waals surface area contributed by atoms with E-state index in [1.54, 1.807) is 23.1 Å². The molecule has 1 aromatic carbocycles. The normalized spacial score (nSPS) is 10.7. The van der Waals surface area contributed by atoms with Gasteiger partial charge in [-0.05, 0) is 32.0 Å². The second kappa shape index (κ2) is 6.48. The number of hydrogen-bond donors (Lipinski definition) is 0. The average molecular weight is 295 g/mol. The summed E-state index contributed by atoms with van der Waals surface area (Å²) in [5.41, 5.74) is 0.487. The van der Waals surface area contributed by atoms with Crippen LogP contribution in [-0.2, 0) is 0 Å². The van der Waals surface area contributed by atoms with Crippen molar-refractivity contribution < 1.29 is 4.79 Å². The zero-order valence-electron chi connectivity index (χ0n) is 9.71. The number of halogens is 3. The van der Waals surface area contributed by atoms with Crippen molar-refractivity contribution in [2.75, 3.05) is 12.4 Å². The van der Waals surface area contributed by atoms with E-state index in [-0.39, 0.29) is 11.9 Å². The summed E-state index contributed by atoms with van der Waals surface area (Å²) in [5.74, 6) is 0.295. The van der Waals surface area contributed by atoms with Crippen LogP contribution in [-0.4, -0.2) is 29.3 Å². The van der Waals surface area contributed by atoms with Crippen LogP contribution >= 0.6 is 34.8 Å². The van der Waals surface area contributed by atoms with Crippen LogP contribution in [0.25, 0.3) is 0 Å². The lowest BCUT2D eigenvalue weighted by Gasteiger charge is -2.26. The highest BCUT2D eigenvalue weighted by molar-refractivity contribution is 6.35. The Bertz CT molecular complexity index is 386. The molecule has 5 heteroatoms. The number of alkyl halides is 1. The van der Waals surface area contributed by atoms with E-state index in [4.69, 9.17) is 34.8 Å². The van der Waals surface area contributed by atoms with Gasteiger partial charge in [0.1, 0.15) is 0 Å². The van der Waals surface area contributed by atoms with Crippen molar-refractivity contribution in [2.24, 2.45) is 0 Å². The number of nitrogens with zero attached hydrogens (tertiary/aromatic N) is 1.